The van der Waals surface area contributed by atoms with Crippen LogP contribution in [0.1, 0.15) is 37.4 Å². The molecule has 0 radical (unpaired) electrons. The van der Waals surface area contributed by atoms with E-state index in [0.717, 1.165) is 21.6 Å². The lowest BCUT2D eigenvalue weighted by Crippen LogP contribution is -2.07. The Kier molecular flexibility index (Phi) is 6.52. The van der Waals surface area contributed by atoms with Crippen molar-refractivity contribution in [2.24, 2.45) is 0 Å². The molecule has 0 saturated heterocycles. The third-order valence-electron chi connectivity index (χ3n) is 5.46. The van der Waals surface area contributed by atoms with Gasteiger partial charge in [0.25, 0.3) is 0 Å². The number of methoxy groups -OCH3 is 1. The van der Waals surface area contributed by atoms with Crippen LogP contribution in [0.5, 0.6) is 5.75 Å². The molecular weight excluding hydrogens is 432 g/mol. The molecule has 4 rings (SSSR count). The van der Waals surface area contributed by atoms with E-state index in [1.807, 2.05) is 47.8 Å². The molecule has 1 N–H and O–H groups in total. The topological polar surface area (TPSA) is 63.6 Å². The van der Waals surface area contributed by atoms with Gasteiger partial charge in [-0.1, -0.05) is 55.1 Å². The second-order valence-corrected chi connectivity index (χ2v) is 8.48. The van der Waals surface area contributed by atoms with Crippen molar-refractivity contribution in [3.05, 3.63) is 119 Å². The number of rotatable bonds is 8. The first-order chi connectivity index (χ1) is 16.0. The summed E-state index contributed by atoms with van der Waals surface area (Å²) in [6, 6.07) is 23.9. The number of allylic oxidation sites excluding steroid dienone is 1. The minimum absolute atomic E-state index is 0.128. The molecule has 0 aliphatic heterocycles. The first-order valence-electron chi connectivity index (χ1n) is 10.3. The molecule has 33 heavy (non-hydrogen) atoms. The van der Waals surface area contributed by atoms with Crippen molar-refractivity contribution in [2.45, 2.75) is 6.42 Å². The van der Waals surface area contributed by atoms with Gasteiger partial charge < -0.3 is 9.84 Å². The number of carboxylic acids is 1. The van der Waals surface area contributed by atoms with Crippen LogP contribution in [-0.2, 0) is 6.42 Å². The zero-order chi connectivity index (χ0) is 23.4. The number of aromatic carboxylic acids is 1. The molecule has 5 heteroatoms. The van der Waals surface area contributed by atoms with Crippen LogP contribution in [0.25, 0.3) is 16.0 Å². The number of hydrogen-bond donors (Lipinski definition) is 1. The lowest BCUT2D eigenvalue weighted by atomic mass is 9.87. The Balaban J connectivity index is 1.83. The van der Waals surface area contributed by atoms with Gasteiger partial charge in [-0.05, 0) is 64.4 Å². The summed E-state index contributed by atoms with van der Waals surface area (Å²) in [6.45, 7) is 4.14. The Morgan fingerprint density at radius 1 is 0.939 bits per heavy atom. The second kappa shape index (κ2) is 9.67. The summed E-state index contributed by atoms with van der Waals surface area (Å²) in [7, 11) is 1.60. The fraction of sp³-hybridized carbons (Fsp3) is 0.0714. The molecule has 1 aromatic heterocycles. The van der Waals surface area contributed by atoms with E-state index in [1.165, 1.54) is 24.3 Å². The van der Waals surface area contributed by atoms with E-state index >= 15 is 0 Å². The fourth-order valence-electron chi connectivity index (χ4n) is 3.74. The number of Topliss-reactive ketones (excluding diaryl/α,β-unsaturated/α-hetero) is 1. The number of carboxylic acid groups (broad SMARTS) is 1. The van der Waals surface area contributed by atoms with Crippen LogP contribution in [0.4, 0.5) is 0 Å². The van der Waals surface area contributed by atoms with Crippen LogP contribution in [0.15, 0.2) is 90.8 Å². The largest absolute Gasteiger partial charge is 0.497 e. The minimum Gasteiger partial charge on any atom is -0.497 e. The normalized spacial score (nSPS) is 10.6. The summed E-state index contributed by atoms with van der Waals surface area (Å²) in [6.07, 6.45) is 0.623. The van der Waals surface area contributed by atoms with Gasteiger partial charge in [0.1, 0.15) is 5.75 Å². The molecule has 0 fully saturated rings. The van der Waals surface area contributed by atoms with Gasteiger partial charge in [-0.3, -0.25) is 4.79 Å². The van der Waals surface area contributed by atoms with Crippen LogP contribution in [0.2, 0.25) is 0 Å². The molecule has 0 spiro atoms. The predicted octanol–water partition coefficient (Wildman–Crippen LogP) is 6.61. The van der Waals surface area contributed by atoms with Gasteiger partial charge in [0.15, 0.2) is 5.78 Å². The van der Waals surface area contributed by atoms with Gasteiger partial charge in [-0.15, -0.1) is 11.3 Å². The average Bonchev–Trinajstić information content (AvgIpc) is 3.39. The molecule has 0 amide bonds. The Morgan fingerprint density at radius 2 is 1.64 bits per heavy atom. The highest BCUT2D eigenvalue weighted by atomic mass is 32.1. The van der Waals surface area contributed by atoms with Gasteiger partial charge in [0.05, 0.1) is 12.7 Å². The number of carbonyl (C=O) groups excluding carboxylic acids is 1. The van der Waals surface area contributed by atoms with Crippen LogP contribution >= 0.6 is 11.3 Å². The van der Waals surface area contributed by atoms with Crippen molar-refractivity contribution < 1.29 is 19.4 Å². The molecule has 164 valence electrons. The molecule has 0 bridgehead atoms. The van der Waals surface area contributed by atoms with Crippen LogP contribution < -0.4 is 4.74 Å². The SMILES string of the molecule is C=C(C(=O)c1ccc(C(=O)O)cc1)c1cc(OC)cc(-c2cccs2)c1Cc1ccccc1. The van der Waals surface area contributed by atoms with Crippen molar-refractivity contribution in [1.82, 2.24) is 0 Å². The van der Waals surface area contributed by atoms with Gasteiger partial charge in [-0.25, -0.2) is 4.79 Å². The molecule has 0 saturated carbocycles. The first-order valence-corrected chi connectivity index (χ1v) is 11.2. The third kappa shape index (κ3) is 4.78. The number of ether oxygens (including phenoxy) is 1. The van der Waals surface area contributed by atoms with Crippen molar-refractivity contribution in [3.8, 4) is 16.2 Å². The van der Waals surface area contributed by atoms with E-state index in [1.54, 1.807) is 18.4 Å². The first kappa shape index (κ1) is 22.2. The molecule has 1 heterocycles. The molecule has 4 nitrogen and oxygen atoms in total. The molecular formula is C28H22O4S. The summed E-state index contributed by atoms with van der Waals surface area (Å²) in [4.78, 5) is 25.6. The van der Waals surface area contributed by atoms with Gasteiger partial charge in [-0.2, -0.15) is 0 Å². The smallest absolute Gasteiger partial charge is 0.335 e. The fourth-order valence-corrected chi connectivity index (χ4v) is 4.51. The lowest BCUT2D eigenvalue weighted by molar-refractivity contribution is 0.0696. The van der Waals surface area contributed by atoms with Crippen molar-refractivity contribution in [1.29, 1.82) is 0 Å². The molecule has 4 aromatic rings. The van der Waals surface area contributed by atoms with E-state index in [0.29, 0.717) is 28.9 Å². The molecule has 0 aliphatic carbocycles. The standard InChI is InChI=1S/C28H22O4S/c1-18(27(29)20-10-12-21(13-11-20)28(30)31)23-16-22(32-2)17-25(26-9-6-14-33-26)24(23)15-19-7-4-3-5-8-19/h3-14,16-17H,1,15H2,2H3,(H,30,31). The summed E-state index contributed by atoms with van der Waals surface area (Å²) in [5.41, 5.74) is 4.67. The van der Waals surface area contributed by atoms with Crippen molar-refractivity contribution >= 4 is 28.7 Å². The number of ketones is 1. The predicted molar refractivity (Wildman–Crippen MR) is 132 cm³/mol. The van der Waals surface area contributed by atoms with Crippen LogP contribution in [-0.4, -0.2) is 24.0 Å². The number of hydrogen-bond acceptors (Lipinski definition) is 4. The zero-order valence-electron chi connectivity index (χ0n) is 18.1. The molecule has 0 unspecified atom stereocenters. The highest BCUT2D eigenvalue weighted by molar-refractivity contribution is 7.13. The van der Waals surface area contributed by atoms with Crippen molar-refractivity contribution in [3.63, 3.8) is 0 Å². The monoisotopic (exact) mass is 454 g/mol. The van der Waals surface area contributed by atoms with E-state index in [4.69, 9.17) is 9.84 Å². The quantitative estimate of drug-likeness (QED) is 0.240. The highest BCUT2D eigenvalue weighted by Crippen LogP contribution is 2.38. The number of carbonyl (C=O) groups is 2. The van der Waals surface area contributed by atoms with Gasteiger partial charge in [0.2, 0.25) is 0 Å². The average molecular weight is 455 g/mol. The van der Waals surface area contributed by atoms with Crippen LogP contribution in [0.3, 0.4) is 0 Å². The Bertz CT molecular complexity index is 1300. The van der Waals surface area contributed by atoms with Gasteiger partial charge in [0, 0.05) is 16.0 Å². The summed E-state index contributed by atoms with van der Waals surface area (Å²) < 4.78 is 5.56. The van der Waals surface area contributed by atoms with E-state index in [2.05, 4.69) is 18.7 Å². The summed E-state index contributed by atoms with van der Waals surface area (Å²) >= 11 is 1.62. The second-order valence-electron chi connectivity index (χ2n) is 7.53. The minimum atomic E-state index is -1.04. The lowest BCUT2D eigenvalue weighted by Gasteiger charge is -2.18. The van der Waals surface area contributed by atoms with E-state index < -0.39 is 5.97 Å². The molecule has 3 aromatic carbocycles. The zero-order valence-corrected chi connectivity index (χ0v) is 18.9. The van der Waals surface area contributed by atoms with Crippen LogP contribution in [0, 0.1) is 0 Å². The van der Waals surface area contributed by atoms with E-state index in [9.17, 15) is 9.59 Å². The van der Waals surface area contributed by atoms with Crippen molar-refractivity contribution in [2.75, 3.05) is 7.11 Å². The maximum Gasteiger partial charge on any atom is 0.335 e. The summed E-state index contributed by atoms with van der Waals surface area (Å²) in [5, 5.41) is 11.2. The Morgan fingerprint density at radius 3 is 2.24 bits per heavy atom. The van der Waals surface area contributed by atoms with E-state index in [-0.39, 0.29) is 11.3 Å². The maximum absolute atomic E-state index is 13.3. The molecule has 0 aliphatic rings. The maximum atomic E-state index is 13.3. The number of thiophene rings is 1. The van der Waals surface area contributed by atoms with Gasteiger partial charge >= 0.3 is 5.97 Å². The Hall–Kier alpha value is -3.96. The number of benzene rings is 3. The summed E-state index contributed by atoms with van der Waals surface area (Å²) in [5.74, 6) is -0.654. The third-order valence-corrected chi connectivity index (χ3v) is 6.37. The molecule has 0 atom stereocenters. The Labute approximate surface area is 196 Å². The highest BCUT2D eigenvalue weighted by Gasteiger charge is 2.21.